The van der Waals surface area contributed by atoms with Crippen LogP contribution in [0.2, 0.25) is 0 Å². The molecule has 0 atom stereocenters. The number of pyridine rings is 1. The third-order valence-electron chi connectivity index (χ3n) is 2.97. The van der Waals surface area contributed by atoms with Gasteiger partial charge in [0.05, 0.1) is 12.2 Å². The number of aromatic nitrogens is 1. The second kappa shape index (κ2) is 7.17. The molecule has 0 aliphatic rings. The molecule has 0 radical (unpaired) electrons. The quantitative estimate of drug-likeness (QED) is 0.913. The lowest BCUT2D eigenvalue weighted by Crippen LogP contribution is -2.15. The van der Waals surface area contributed by atoms with E-state index in [4.69, 9.17) is 10.00 Å². The third-order valence-corrected chi connectivity index (χ3v) is 2.97. The first kappa shape index (κ1) is 14.7. The fourth-order valence-electron chi connectivity index (χ4n) is 1.85. The summed E-state index contributed by atoms with van der Waals surface area (Å²) in [7, 11) is 1.64. The van der Waals surface area contributed by atoms with E-state index in [1.165, 1.54) is 12.3 Å². The second-order valence-corrected chi connectivity index (χ2v) is 4.40. The zero-order valence-corrected chi connectivity index (χ0v) is 11.7. The number of carbonyl (C=O) groups is 1. The smallest absolute Gasteiger partial charge is 0.274 e. The van der Waals surface area contributed by atoms with Crippen molar-refractivity contribution < 1.29 is 9.53 Å². The second-order valence-electron chi connectivity index (χ2n) is 4.40. The maximum Gasteiger partial charge on any atom is 0.274 e. The molecule has 0 aliphatic heterocycles. The Kier molecular flexibility index (Phi) is 5.02. The fraction of sp³-hybridized carbons (Fsp3) is 0.188. The number of benzene rings is 1. The fourth-order valence-corrected chi connectivity index (χ4v) is 1.85. The first-order valence-corrected chi connectivity index (χ1v) is 6.49. The van der Waals surface area contributed by atoms with Crippen molar-refractivity contribution in [3.8, 4) is 6.07 Å². The van der Waals surface area contributed by atoms with Gasteiger partial charge >= 0.3 is 0 Å². The summed E-state index contributed by atoms with van der Waals surface area (Å²) in [5.41, 5.74) is 2.44. The van der Waals surface area contributed by atoms with Crippen molar-refractivity contribution in [3.05, 3.63) is 59.4 Å². The van der Waals surface area contributed by atoms with Gasteiger partial charge in [0.1, 0.15) is 11.8 Å². The average Bonchev–Trinajstić information content (AvgIpc) is 2.54. The maximum atomic E-state index is 12.2. The molecule has 0 bridgehead atoms. The van der Waals surface area contributed by atoms with Gasteiger partial charge in [0.15, 0.2) is 0 Å². The Morgan fingerprint density at radius 2 is 2.14 bits per heavy atom. The minimum absolute atomic E-state index is 0.274. The molecule has 106 valence electrons. The molecule has 5 nitrogen and oxygen atoms in total. The highest BCUT2D eigenvalue weighted by Gasteiger charge is 2.10. The Labute approximate surface area is 123 Å². The Bertz CT molecular complexity index is 660. The molecule has 1 aromatic carbocycles. The van der Waals surface area contributed by atoms with Crippen molar-refractivity contribution in [2.45, 2.75) is 6.42 Å². The minimum Gasteiger partial charge on any atom is -0.384 e. The summed E-state index contributed by atoms with van der Waals surface area (Å²) in [6.07, 6.45) is 2.10. The van der Waals surface area contributed by atoms with Crippen LogP contribution in [0.1, 0.15) is 21.6 Å². The van der Waals surface area contributed by atoms with Crippen LogP contribution in [0.25, 0.3) is 0 Å². The number of methoxy groups -OCH3 is 1. The van der Waals surface area contributed by atoms with Crippen LogP contribution < -0.4 is 5.32 Å². The summed E-state index contributed by atoms with van der Waals surface area (Å²) in [6.45, 7) is 0.585. The molecule has 5 heteroatoms. The lowest BCUT2D eigenvalue weighted by atomic mass is 10.1. The van der Waals surface area contributed by atoms with E-state index in [-0.39, 0.29) is 11.6 Å². The summed E-state index contributed by atoms with van der Waals surface area (Å²) >= 11 is 0. The van der Waals surface area contributed by atoms with Crippen molar-refractivity contribution in [2.24, 2.45) is 0 Å². The van der Waals surface area contributed by atoms with E-state index in [2.05, 4.69) is 10.3 Å². The van der Waals surface area contributed by atoms with Crippen LogP contribution in [-0.2, 0) is 11.2 Å². The molecule has 1 aromatic heterocycles. The van der Waals surface area contributed by atoms with E-state index >= 15 is 0 Å². The first-order chi connectivity index (χ1) is 10.2. The number of carbonyl (C=O) groups excluding carboxylic acids is 1. The number of nitrogens with zero attached hydrogens (tertiary/aromatic N) is 2. The third kappa shape index (κ3) is 3.88. The molecule has 21 heavy (non-hydrogen) atoms. The predicted molar refractivity (Wildman–Crippen MR) is 78.9 cm³/mol. The summed E-state index contributed by atoms with van der Waals surface area (Å²) in [6, 6.07) is 12.6. The Morgan fingerprint density at radius 1 is 1.33 bits per heavy atom. The lowest BCUT2D eigenvalue weighted by molar-refractivity contribution is 0.102. The van der Waals surface area contributed by atoms with Crippen molar-refractivity contribution in [3.63, 3.8) is 0 Å². The molecule has 2 rings (SSSR count). The van der Waals surface area contributed by atoms with Crippen LogP contribution in [0.3, 0.4) is 0 Å². The summed E-state index contributed by atoms with van der Waals surface area (Å²) in [4.78, 5) is 16.1. The standard InChI is InChI=1S/C16H15N3O2/c1-21-9-8-13-4-2-3-5-14(13)19-16(20)15-7-6-12(10-17)11-18-15/h2-7,11H,8-9H2,1H3,(H,19,20). The van der Waals surface area contributed by atoms with Crippen LogP contribution in [-0.4, -0.2) is 24.6 Å². The van der Waals surface area contributed by atoms with Crippen LogP contribution in [0.4, 0.5) is 5.69 Å². The summed E-state index contributed by atoms with van der Waals surface area (Å²) < 4.78 is 5.06. The molecular formula is C16H15N3O2. The van der Waals surface area contributed by atoms with Gasteiger partial charge in [0, 0.05) is 19.0 Å². The number of para-hydroxylation sites is 1. The largest absolute Gasteiger partial charge is 0.384 e. The Balaban J connectivity index is 2.13. The number of hydrogen-bond acceptors (Lipinski definition) is 4. The van der Waals surface area contributed by atoms with E-state index in [0.29, 0.717) is 18.6 Å². The predicted octanol–water partition coefficient (Wildman–Crippen LogP) is 2.39. The van der Waals surface area contributed by atoms with Gasteiger partial charge in [-0.2, -0.15) is 5.26 Å². The van der Waals surface area contributed by atoms with E-state index in [0.717, 1.165) is 11.3 Å². The molecule has 0 aliphatic carbocycles. The number of nitriles is 1. The van der Waals surface area contributed by atoms with Crippen molar-refractivity contribution >= 4 is 11.6 Å². The number of hydrogen-bond donors (Lipinski definition) is 1. The molecule has 0 fully saturated rings. The first-order valence-electron chi connectivity index (χ1n) is 6.49. The number of anilines is 1. The van der Waals surface area contributed by atoms with Crippen molar-refractivity contribution in [1.29, 1.82) is 5.26 Å². The van der Waals surface area contributed by atoms with Crippen LogP contribution in [0.15, 0.2) is 42.6 Å². The molecule has 0 saturated heterocycles. The van der Waals surface area contributed by atoms with Crippen LogP contribution in [0, 0.1) is 11.3 Å². The van der Waals surface area contributed by atoms with Crippen LogP contribution >= 0.6 is 0 Å². The Morgan fingerprint density at radius 3 is 2.81 bits per heavy atom. The zero-order valence-electron chi connectivity index (χ0n) is 11.7. The van der Waals surface area contributed by atoms with Gasteiger partial charge < -0.3 is 10.1 Å². The molecule has 1 heterocycles. The van der Waals surface area contributed by atoms with Crippen molar-refractivity contribution in [1.82, 2.24) is 4.98 Å². The lowest BCUT2D eigenvalue weighted by Gasteiger charge is -2.10. The van der Waals surface area contributed by atoms with Gasteiger partial charge in [0.25, 0.3) is 5.91 Å². The molecule has 1 amide bonds. The van der Waals surface area contributed by atoms with Gasteiger partial charge in [0.2, 0.25) is 0 Å². The van der Waals surface area contributed by atoms with E-state index in [1.54, 1.807) is 13.2 Å². The van der Waals surface area contributed by atoms with E-state index in [9.17, 15) is 4.79 Å². The molecule has 0 saturated carbocycles. The van der Waals surface area contributed by atoms with Gasteiger partial charge in [-0.1, -0.05) is 18.2 Å². The molecule has 2 aromatic rings. The monoisotopic (exact) mass is 281 g/mol. The van der Waals surface area contributed by atoms with Crippen molar-refractivity contribution in [2.75, 3.05) is 19.0 Å². The zero-order chi connectivity index (χ0) is 15.1. The van der Waals surface area contributed by atoms with Gasteiger partial charge in [-0.05, 0) is 30.2 Å². The van der Waals surface area contributed by atoms with Crippen LogP contribution in [0.5, 0.6) is 0 Å². The highest BCUT2D eigenvalue weighted by atomic mass is 16.5. The highest BCUT2D eigenvalue weighted by molar-refractivity contribution is 6.03. The van der Waals surface area contributed by atoms with E-state index < -0.39 is 0 Å². The maximum absolute atomic E-state index is 12.2. The molecule has 0 unspecified atom stereocenters. The normalized spacial score (nSPS) is 9.90. The number of rotatable bonds is 5. The van der Waals surface area contributed by atoms with Gasteiger partial charge in [-0.3, -0.25) is 4.79 Å². The minimum atomic E-state index is -0.302. The average molecular weight is 281 g/mol. The Hall–Kier alpha value is -2.71. The summed E-state index contributed by atoms with van der Waals surface area (Å²) in [5.74, 6) is -0.302. The topological polar surface area (TPSA) is 75.0 Å². The van der Waals surface area contributed by atoms with Gasteiger partial charge in [-0.25, -0.2) is 4.98 Å². The number of ether oxygens (including phenoxy) is 1. The summed E-state index contributed by atoms with van der Waals surface area (Å²) in [5, 5.41) is 11.6. The number of amides is 1. The molecule has 0 spiro atoms. The molecular weight excluding hydrogens is 266 g/mol. The highest BCUT2D eigenvalue weighted by Crippen LogP contribution is 2.16. The van der Waals surface area contributed by atoms with Gasteiger partial charge in [-0.15, -0.1) is 0 Å². The molecule has 1 N–H and O–H groups in total. The SMILES string of the molecule is COCCc1ccccc1NC(=O)c1ccc(C#N)cn1. The number of nitrogens with one attached hydrogen (secondary N) is 1. The van der Waals surface area contributed by atoms with E-state index in [1.807, 2.05) is 30.3 Å².